The zero-order valence-corrected chi connectivity index (χ0v) is 48.4. The molecule has 84 heavy (non-hydrogen) atoms. The fourth-order valence-corrected chi connectivity index (χ4v) is 13.9. The zero-order valence-electron chi connectivity index (χ0n) is 48.4. The summed E-state index contributed by atoms with van der Waals surface area (Å²) in [5, 5.41) is 27.8. The number of hydrogen-bond donors (Lipinski definition) is 2. The number of rotatable bonds is 15. The Labute approximate surface area is 488 Å². The monoisotopic (exact) mass is 1150 g/mol. The summed E-state index contributed by atoms with van der Waals surface area (Å²) in [4.78, 5) is 61.3. The molecule has 18 nitrogen and oxygen atoms in total. The molecule has 5 aromatic carbocycles. The number of amides is 1. The van der Waals surface area contributed by atoms with Crippen molar-refractivity contribution >= 4 is 24.2 Å². The normalized spacial score (nSPS) is 31.8. The summed E-state index contributed by atoms with van der Waals surface area (Å²) in [6.45, 7) is 10.6. The van der Waals surface area contributed by atoms with E-state index in [2.05, 4.69) is 0 Å². The van der Waals surface area contributed by atoms with Crippen LogP contribution in [0.2, 0.25) is 0 Å². The van der Waals surface area contributed by atoms with Crippen LogP contribution in [0.25, 0.3) is 0 Å². The molecule has 6 aliphatic rings. The summed E-state index contributed by atoms with van der Waals surface area (Å²) < 4.78 is 70.4. The third kappa shape index (κ3) is 10.5. The minimum atomic E-state index is -2.29. The van der Waals surface area contributed by atoms with Gasteiger partial charge in [0.15, 0.2) is 24.7 Å². The summed E-state index contributed by atoms with van der Waals surface area (Å²) in [5.74, 6) is -1.93. The quantitative estimate of drug-likeness (QED) is 0.0567. The number of carbonyl (C=O) groups excluding carboxylic acids is 4. The molecule has 2 bridgehead atoms. The molecule has 444 valence electrons. The fourth-order valence-electron chi connectivity index (χ4n) is 13.9. The SMILES string of the molecule is COc1ccc(C2O[C@H]3C[C@H]4OC[C@@]4(O)[C@H]4[C@H](OC(=O)c5ccccc5)[C@]5(O)C[C@H](OC(=O)[C@@H]6OC(c7ccc(OC)cc7)N(C(=O)OCc7ccccc7)[C@H]6CC(C)C)C(C)=C([C@H](OC(=O)OCc6ccccc6)[C@H](O2)[C@]34C)C5(C)C)cc1. The van der Waals surface area contributed by atoms with Crippen LogP contribution in [0, 0.1) is 22.7 Å². The lowest BCUT2D eigenvalue weighted by Crippen LogP contribution is -2.83. The lowest BCUT2D eigenvalue weighted by Gasteiger charge is -2.70. The smallest absolute Gasteiger partial charge is 0.497 e. The van der Waals surface area contributed by atoms with Crippen LogP contribution in [-0.2, 0) is 60.6 Å². The third-order valence-corrected chi connectivity index (χ3v) is 18.4. The molecule has 14 atom stereocenters. The number of carbonyl (C=O) groups is 4. The minimum Gasteiger partial charge on any atom is -0.497 e. The van der Waals surface area contributed by atoms with E-state index in [0.29, 0.717) is 33.8 Å². The van der Waals surface area contributed by atoms with Crippen molar-refractivity contribution < 1.29 is 81.5 Å². The van der Waals surface area contributed by atoms with E-state index >= 15 is 4.79 Å². The van der Waals surface area contributed by atoms with Crippen molar-refractivity contribution in [2.45, 2.75) is 147 Å². The van der Waals surface area contributed by atoms with Crippen molar-refractivity contribution in [3.05, 3.63) is 178 Å². The average Bonchev–Trinajstić information content (AvgIpc) is 0.917. The molecule has 5 aromatic rings. The Morgan fingerprint density at radius 2 is 1.27 bits per heavy atom. The lowest BCUT2D eigenvalue weighted by molar-refractivity contribution is -0.413. The van der Waals surface area contributed by atoms with E-state index in [1.54, 1.807) is 126 Å². The first-order valence-electron chi connectivity index (χ1n) is 28.6. The first kappa shape index (κ1) is 58.5. The molecule has 18 heteroatoms. The summed E-state index contributed by atoms with van der Waals surface area (Å²) in [6, 6.07) is 39.8. The highest BCUT2D eigenvalue weighted by molar-refractivity contribution is 5.89. The summed E-state index contributed by atoms with van der Waals surface area (Å²) >= 11 is 0. The minimum absolute atomic E-state index is 0.0578. The molecule has 5 fully saturated rings. The first-order chi connectivity index (χ1) is 40.3. The molecule has 3 aliphatic heterocycles. The summed E-state index contributed by atoms with van der Waals surface area (Å²) in [7, 11) is 3.10. The van der Waals surface area contributed by atoms with Crippen molar-refractivity contribution in [3.8, 4) is 11.5 Å². The van der Waals surface area contributed by atoms with Crippen LogP contribution in [0.5, 0.6) is 11.5 Å². The van der Waals surface area contributed by atoms with E-state index in [9.17, 15) is 24.6 Å². The molecule has 1 amide bonds. The number of nitrogens with zero attached hydrogens (tertiary/aromatic N) is 1. The second-order valence-electron chi connectivity index (χ2n) is 24.0. The van der Waals surface area contributed by atoms with Crippen LogP contribution >= 0.6 is 0 Å². The van der Waals surface area contributed by atoms with Gasteiger partial charge in [-0.05, 0) is 77.9 Å². The van der Waals surface area contributed by atoms with E-state index in [-0.39, 0.29) is 49.7 Å². The van der Waals surface area contributed by atoms with Gasteiger partial charge in [-0.15, -0.1) is 0 Å². The Bertz CT molecular complexity index is 3210. The molecular formula is C66H73NO17. The van der Waals surface area contributed by atoms with Gasteiger partial charge >= 0.3 is 24.2 Å². The highest BCUT2D eigenvalue weighted by Crippen LogP contribution is 2.67. The largest absolute Gasteiger partial charge is 0.509 e. The number of fused-ring (bicyclic) bond motifs is 4. The lowest BCUT2D eigenvalue weighted by atomic mass is 9.44. The number of aliphatic hydroxyl groups is 2. The second-order valence-corrected chi connectivity index (χ2v) is 24.0. The van der Waals surface area contributed by atoms with Crippen LogP contribution in [0.1, 0.15) is 106 Å². The highest BCUT2D eigenvalue weighted by Gasteiger charge is 2.78. The van der Waals surface area contributed by atoms with Crippen LogP contribution in [0.4, 0.5) is 9.59 Å². The topological polar surface area (TPSA) is 214 Å². The Kier molecular flexibility index (Phi) is 16.2. The number of esters is 2. The molecule has 0 spiro atoms. The Morgan fingerprint density at radius 3 is 1.85 bits per heavy atom. The van der Waals surface area contributed by atoms with Crippen LogP contribution in [-0.4, -0.2) is 120 Å². The van der Waals surface area contributed by atoms with Gasteiger partial charge in [-0.2, -0.15) is 0 Å². The third-order valence-electron chi connectivity index (χ3n) is 18.4. The van der Waals surface area contributed by atoms with Crippen molar-refractivity contribution in [1.29, 1.82) is 0 Å². The van der Waals surface area contributed by atoms with E-state index in [4.69, 9.17) is 52.1 Å². The molecule has 2 unspecified atom stereocenters. The van der Waals surface area contributed by atoms with Gasteiger partial charge in [-0.3, -0.25) is 4.90 Å². The van der Waals surface area contributed by atoms with E-state index < -0.39 is 120 Å². The van der Waals surface area contributed by atoms with Gasteiger partial charge in [0.1, 0.15) is 54.2 Å². The number of benzene rings is 5. The van der Waals surface area contributed by atoms with Crippen molar-refractivity contribution in [2.24, 2.45) is 22.7 Å². The van der Waals surface area contributed by atoms with E-state index in [1.165, 1.54) is 4.90 Å². The van der Waals surface area contributed by atoms with Gasteiger partial charge in [0.25, 0.3) is 0 Å². The van der Waals surface area contributed by atoms with Crippen LogP contribution in [0.3, 0.4) is 0 Å². The molecule has 11 rings (SSSR count). The van der Waals surface area contributed by atoms with Gasteiger partial charge in [-0.25, -0.2) is 19.2 Å². The van der Waals surface area contributed by atoms with E-state index in [1.807, 2.05) is 69.3 Å². The molecule has 3 aliphatic carbocycles. The standard InChI is InChI=1S/C66H73NO17/c1-38(2)32-47-52(81-57(42-24-28-45(74-7)29-25-42)67(47)61(70)76-35-40-18-12-9-13-19-40)59(69)79-48-34-66(73)56(83-58(68)43-22-16-11-17-23-43)54-64(6)49(33-50-65(54,72)37-78-50)80-60(44-26-30-46(75-8)31-27-44)84-55(64)53(51(39(48)3)63(66,4)5)82-62(71)77-36-41-20-14-10-15-21-41/h9-31,38,47-50,52-57,60,72-73H,32-37H2,1-8H3/t47-,48-,49-,50+,52+,53-,54-,55-,56-,57?,60?,64+,65-,66+/m0/s1. The summed E-state index contributed by atoms with van der Waals surface area (Å²) in [6.07, 6.45) is -13.0. The van der Waals surface area contributed by atoms with E-state index in [0.717, 1.165) is 5.56 Å². The molecule has 3 saturated heterocycles. The highest BCUT2D eigenvalue weighted by atomic mass is 16.7. The van der Waals surface area contributed by atoms with Gasteiger partial charge < -0.3 is 62.3 Å². The van der Waals surface area contributed by atoms with Crippen molar-refractivity contribution in [1.82, 2.24) is 4.90 Å². The predicted molar refractivity (Wildman–Crippen MR) is 302 cm³/mol. The summed E-state index contributed by atoms with van der Waals surface area (Å²) in [5.41, 5.74) is -3.80. The van der Waals surface area contributed by atoms with Gasteiger partial charge in [0, 0.05) is 40.7 Å². The van der Waals surface area contributed by atoms with Crippen molar-refractivity contribution in [2.75, 3.05) is 20.8 Å². The van der Waals surface area contributed by atoms with Crippen LogP contribution < -0.4 is 9.47 Å². The average molecular weight is 1150 g/mol. The van der Waals surface area contributed by atoms with Crippen molar-refractivity contribution in [3.63, 3.8) is 0 Å². The van der Waals surface area contributed by atoms with Gasteiger partial charge in [-0.1, -0.05) is 138 Å². The second kappa shape index (κ2) is 23.3. The first-order valence-corrected chi connectivity index (χ1v) is 28.6. The Hall–Kier alpha value is -7.32. The zero-order chi connectivity index (χ0) is 59.3. The molecule has 0 aromatic heterocycles. The molecule has 3 heterocycles. The number of hydrogen-bond acceptors (Lipinski definition) is 17. The van der Waals surface area contributed by atoms with Gasteiger partial charge in [0.05, 0.1) is 44.6 Å². The maximum Gasteiger partial charge on any atom is 0.509 e. The molecule has 2 N–H and O–H groups in total. The molecule has 2 saturated carbocycles. The van der Waals surface area contributed by atoms with Crippen LogP contribution in [0.15, 0.2) is 151 Å². The maximum absolute atomic E-state index is 15.6. The maximum atomic E-state index is 15.6. The van der Waals surface area contributed by atoms with Gasteiger partial charge in [0.2, 0.25) is 0 Å². The predicted octanol–water partition coefficient (Wildman–Crippen LogP) is 10.1. The number of ether oxygens (including phenoxy) is 11. The fraction of sp³-hybridized carbons (Fsp3) is 0.455. The number of methoxy groups -OCH3 is 2. The molecular weight excluding hydrogens is 1080 g/mol. The Morgan fingerprint density at radius 1 is 0.690 bits per heavy atom. The Balaban J connectivity index is 1.06. The molecule has 0 radical (unpaired) electrons.